The molecular formula is C26H30F2N8. The van der Waals surface area contributed by atoms with Gasteiger partial charge in [0.1, 0.15) is 23.7 Å². The van der Waals surface area contributed by atoms with E-state index in [1.165, 1.54) is 6.33 Å². The average Bonchev–Trinajstić information content (AvgIpc) is 3.39. The summed E-state index contributed by atoms with van der Waals surface area (Å²) in [5.74, 6) is -1.63. The highest BCUT2D eigenvalue weighted by molar-refractivity contribution is 5.76. The van der Waals surface area contributed by atoms with Crippen LogP contribution < -0.4 is 11.1 Å². The van der Waals surface area contributed by atoms with Gasteiger partial charge >= 0.3 is 0 Å². The molecular weight excluding hydrogens is 462 g/mol. The molecule has 1 atom stereocenters. The Morgan fingerprint density at radius 2 is 2.03 bits per heavy atom. The van der Waals surface area contributed by atoms with E-state index in [1.807, 2.05) is 13.0 Å². The van der Waals surface area contributed by atoms with Crippen molar-refractivity contribution < 1.29 is 8.78 Å². The maximum absolute atomic E-state index is 14.0. The van der Waals surface area contributed by atoms with E-state index in [1.54, 1.807) is 17.6 Å². The van der Waals surface area contributed by atoms with Crippen molar-refractivity contribution in [3.8, 4) is 11.5 Å². The molecule has 1 aliphatic carbocycles. The van der Waals surface area contributed by atoms with Gasteiger partial charge in [-0.3, -0.25) is 0 Å². The van der Waals surface area contributed by atoms with E-state index < -0.39 is 11.3 Å². The van der Waals surface area contributed by atoms with Gasteiger partial charge < -0.3 is 11.1 Å². The number of halogens is 2. The molecule has 188 valence electrons. The van der Waals surface area contributed by atoms with Crippen LogP contribution in [0.1, 0.15) is 64.6 Å². The van der Waals surface area contributed by atoms with Crippen LogP contribution in [0.25, 0.3) is 17.2 Å². The summed E-state index contributed by atoms with van der Waals surface area (Å²) in [6.45, 7) is 11.0. The first-order valence-electron chi connectivity index (χ1n) is 12.2. The first-order chi connectivity index (χ1) is 17.0. The van der Waals surface area contributed by atoms with E-state index >= 15 is 0 Å². The molecule has 1 aliphatic heterocycles. The van der Waals surface area contributed by atoms with Crippen LogP contribution in [-0.2, 0) is 11.8 Å². The average molecular weight is 493 g/mol. The maximum atomic E-state index is 14.0. The second kappa shape index (κ2) is 8.46. The lowest BCUT2D eigenvalue weighted by Crippen LogP contribution is -2.29. The second-order valence-electron chi connectivity index (χ2n) is 9.81. The monoisotopic (exact) mass is 492 g/mol. The molecule has 0 saturated heterocycles. The van der Waals surface area contributed by atoms with Gasteiger partial charge in [-0.15, -0.1) is 0 Å². The molecule has 0 amide bonds. The summed E-state index contributed by atoms with van der Waals surface area (Å²) < 4.78 is 29.8. The zero-order valence-corrected chi connectivity index (χ0v) is 21.0. The van der Waals surface area contributed by atoms with Gasteiger partial charge in [-0.25, -0.2) is 33.2 Å². The fraction of sp³-hybridized carbons (Fsp3) is 0.423. The number of aryl methyl sites for hydroxylation is 1. The number of anilines is 2. The number of fused-ring (bicyclic) bond motifs is 2. The first kappa shape index (κ1) is 24.0. The van der Waals surface area contributed by atoms with Crippen molar-refractivity contribution in [3.05, 3.63) is 58.9 Å². The Bertz CT molecular complexity index is 1450. The smallest absolute Gasteiger partial charge is 0.267 e. The van der Waals surface area contributed by atoms with Gasteiger partial charge in [-0.05, 0) is 45.1 Å². The van der Waals surface area contributed by atoms with Crippen molar-refractivity contribution in [3.63, 3.8) is 0 Å². The Hall–Kier alpha value is -3.69. The Morgan fingerprint density at radius 1 is 1.25 bits per heavy atom. The lowest BCUT2D eigenvalue weighted by molar-refractivity contribution is 0.0582. The number of nitrogens with one attached hydrogen (secondary N) is 1. The number of unbranched alkanes of at least 4 members (excludes halogenated alkanes) is 1. The van der Waals surface area contributed by atoms with Crippen LogP contribution >= 0.6 is 0 Å². The van der Waals surface area contributed by atoms with Crippen LogP contribution in [-0.4, -0.2) is 35.5 Å². The topological polar surface area (TPSA) is 107 Å². The van der Waals surface area contributed by atoms with Crippen molar-refractivity contribution in [1.82, 2.24) is 29.5 Å². The number of nitrogens with two attached hydrogens (primary N) is 1. The fourth-order valence-corrected chi connectivity index (χ4v) is 5.30. The first-order valence-corrected chi connectivity index (χ1v) is 12.2. The summed E-state index contributed by atoms with van der Waals surface area (Å²) in [6, 6.07) is 0. The zero-order chi connectivity index (χ0) is 25.8. The molecule has 8 nitrogen and oxygen atoms in total. The fourth-order valence-electron chi connectivity index (χ4n) is 5.30. The molecule has 0 fully saturated rings. The lowest BCUT2D eigenvalue weighted by atomic mass is 9.71. The van der Waals surface area contributed by atoms with Crippen molar-refractivity contribution in [2.45, 2.75) is 71.1 Å². The molecule has 5 rings (SSSR count). The van der Waals surface area contributed by atoms with E-state index in [4.69, 9.17) is 15.7 Å². The third kappa shape index (κ3) is 3.75. The number of allylic oxidation sites excluding steroid dienone is 4. The van der Waals surface area contributed by atoms with E-state index in [-0.39, 0.29) is 12.0 Å². The van der Waals surface area contributed by atoms with Gasteiger partial charge in [0.15, 0.2) is 11.5 Å². The summed E-state index contributed by atoms with van der Waals surface area (Å²) in [5, 5.41) is 7.56. The largest absolute Gasteiger partial charge is 0.383 e. The molecule has 0 aromatic carbocycles. The van der Waals surface area contributed by atoms with Crippen molar-refractivity contribution in [2.24, 2.45) is 0 Å². The third-order valence-corrected chi connectivity index (χ3v) is 7.32. The molecule has 10 heteroatoms. The van der Waals surface area contributed by atoms with Crippen LogP contribution in [0.3, 0.4) is 0 Å². The Labute approximate surface area is 208 Å². The molecule has 2 aliphatic rings. The summed E-state index contributed by atoms with van der Waals surface area (Å²) in [6.07, 6.45) is 8.60. The molecule has 3 N–H and O–H groups in total. The number of aromatic nitrogens is 6. The van der Waals surface area contributed by atoms with E-state index in [0.29, 0.717) is 52.1 Å². The quantitative estimate of drug-likeness (QED) is 0.475. The van der Waals surface area contributed by atoms with E-state index in [9.17, 15) is 8.78 Å². The zero-order valence-electron chi connectivity index (χ0n) is 21.0. The summed E-state index contributed by atoms with van der Waals surface area (Å²) in [5.41, 5.74) is 11.0. The molecule has 4 heterocycles. The van der Waals surface area contributed by atoms with Crippen molar-refractivity contribution in [2.75, 3.05) is 11.1 Å². The molecule has 36 heavy (non-hydrogen) atoms. The molecule has 3 aromatic rings. The van der Waals surface area contributed by atoms with Crippen LogP contribution in [0.5, 0.6) is 0 Å². The van der Waals surface area contributed by atoms with Crippen LogP contribution in [0.2, 0.25) is 0 Å². The minimum absolute atomic E-state index is 0.166. The second-order valence-corrected chi connectivity index (χ2v) is 9.81. The maximum Gasteiger partial charge on any atom is 0.267 e. The highest BCUT2D eigenvalue weighted by Crippen LogP contribution is 2.52. The van der Waals surface area contributed by atoms with E-state index in [2.05, 4.69) is 33.9 Å². The van der Waals surface area contributed by atoms with Crippen LogP contribution in [0.15, 0.2) is 47.6 Å². The number of alkyl halides is 2. The number of nitrogen functional groups attached to an aromatic ring is 1. The van der Waals surface area contributed by atoms with Gasteiger partial charge in [0.2, 0.25) is 0 Å². The lowest BCUT2D eigenvalue weighted by Gasteiger charge is -2.33. The molecule has 0 spiro atoms. The van der Waals surface area contributed by atoms with Gasteiger partial charge in [-0.2, -0.15) is 5.10 Å². The normalized spacial score (nSPS) is 20.1. The SMILES string of the molecule is C=C1Nc2nc(-c3cn4ncnc4c(CCCC)n3)nc(N)c2C1(C)C1=CC(C)=C(C(C)(F)F)CC1. The van der Waals surface area contributed by atoms with Crippen molar-refractivity contribution in [1.29, 1.82) is 0 Å². The highest BCUT2D eigenvalue weighted by Gasteiger charge is 2.46. The summed E-state index contributed by atoms with van der Waals surface area (Å²) >= 11 is 0. The number of hydrogen-bond acceptors (Lipinski definition) is 7. The van der Waals surface area contributed by atoms with Gasteiger partial charge in [-0.1, -0.05) is 31.6 Å². The number of rotatable bonds is 6. The minimum atomic E-state index is -2.85. The molecule has 3 aromatic heterocycles. The van der Waals surface area contributed by atoms with Crippen molar-refractivity contribution >= 4 is 17.3 Å². The summed E-state index contributed by atoms with van der Waals surface area (Å²) in [7, 11) is 0. The molecule has 0 saturated carbocycles. The van der Waals surface area contributed by atoms with Gasteiger partial charge in [0.05, 0.1) is 22.9 Å². The van der Waals surface area contributed by atoms with Crippen LogP contribution in [0.4, 0.5) is 20.4 Å². The molecule has 0 bridgehead atoms. The molecule has 1 unspecified atom stereocenters. The number of nitrogens with zero attached hydrogens (tertiary/aromatic N) is 6. The van der Waals surface area contributed by atoms with Gasteiger partial charge in [0.25, 0.3) is 5.92 Å². The Kier molecular flexibility index (Phi) is 5.65. The minimum Gasteiger partial charge on any atom is -0.383 e. The highest BCUT2D eigenvalue weighted by atomic mass is 19.3. The predicted octanol–water partition coefficient (Wildman–Crippen LogP) is 5.39. The predicted molar refractivity (Wildman–Crippen MR) is 136 cm³/mol. The third-order valence-electron chi connectivity index (χ3n) is 7.32. The molecule has 0 radical (unpaired) electrons. The van der Waals surface area contributed by atoms with Crippen LogP contribution in [0, 0.1) is 0 Å². The van der Waals surface area contributed by atoms with Gasteiger partial charge in [0, 0.05) is 18.2 Å². The summed E-state index contributed by atoms with van der Waals surface area (Å²) in [4.78, 5) is 18.5. The Balaban J connectivity index is 1.59. The van der Waals surface area contributed by atoms with E-state index in [0.717, 1.165) is 37.5 Å². The number of hydrogen-bond donors (Lipinski definition) is 2. The Morgan fingerprint density at radius 3 is 2.72 bits per heavy atom. The standard InChI is InChI=1S/C26H30F2N8/c1-6-7-8-18-24-30-13-31-36(24)12-19(33-18)22-34-21(29)20-23(35-22)32-15(3)25(20,4)16-9-10-17(14(2)11-16)26(5,27)28/h11-13H,3,6-10H2,1-2,4-5H3,(H3,29,32,34,35).